The van der Waals surface area contributed by atoms with Crippen molar-refractivity contribution in [3.05, 3.63) is 63.7 Å². The Morgan fingerprint density at radius 3 is 2.50 bits per heavy atom. The van der Waals surface area contributed by atoms with Crippen LogP contribution >= 0.6 is 11.6 Å². The van der Waals surface area contributed by atoms with Gasteiger partial charge in [0.05, 0.1) is 28.6 Å². The molecule has 3 aromatic rings. The van der Waals surface area contributed by atoms with Crippen LogP contribution < -0.4 is 5.32 Å². The maximum Gasteiger partial charge on any atom is 0.246 e. The molecule has 3 rings (SSSR count). The van der Waals surface area contributed by atoms with E-state index in [4.69, 9.17) is 11.6 Å². The third kappa shape index (κ3) is 3.96. The van der Waals surface area contributed by atoms with Gasteiger partial charge in [-0.2, -0.15) is 10.2 Å². The van der Waals surface area contributed by atoms with Crippen molar-refractivity contribution >= 4 is 23.2 Å². The molecule has 0 fully saturated rings. The maximum atomic E-state index is 12.3. The Hall–Kier alpha value is -2.60. The van der Waals surface area contributed by atoms with Gasteiger partial charge < -0.3 is 5.32 Å². The van der Waals surface area contributed by atoms with Crippen molar-refractivity contribution in [2.45, 2.75) is 40.8 Å². The molecule has 6 nitrogen and oxygen atoms in total. The molecule has 136 valence electrons. The van der Waals surface area contributed by atoms with Gasteiger partial charge in [0.2, 0.25) is 5.91 Å². The zero-order valence-corrected chi connectivity index (χ0v) is 16.1. The van der Waals surface area contributed by atoms with Gasteiger partial charge in [-0.05, 0) is 51.5 Å². The number of halogens is 1. The Balaban J connectivity index is 1.69. The van der Waals surface area contributed by atoms with E-state index < -0.39 is 0 Å². The van der Waals surface area contributed by atoms with E-state index in [1.165, 1.54) is 0 Å². The largest absolute Gasteiger partial charge is 0.324 e. The monoisotopic (exact) mass is 371 g/mol. The number of hydrogen-bond donors (Lipinski definition) is 1. The highest BCUT2D eigenvalue weighted by molar-refractivity contribution is 6.31. The molecule has 1 amide bonds. The van der Waals surface area contributed by atoms with Crippen LogP contribution in [0.15, 0.2) is 30.3 Å². The van der Waals surface area contributed by atoms with Crippen LogP contribution in [0.2, 0.25) is 5.02 Å². The number of aromatic nitrogens is 4. The van der Waals surface area contributed by atoms with E-state index in [-0.39, 0.29) is 12.5 Å². The molecule has 0 spiro atoms. The normalized spacial score (nSPS) is 11.0. The summed E-state index contributed by atoms with van der Waals surface area (Å²) >= 11 is 6.13. The lowest BCUT2D eigenvalue weighted by Crippen LogP contribution is -2.20. The molecule has 0 radical (unpaired) electrons. The molecule has 0 saturated carbocycles. The third-order valence-electron chi connectivity index (χ3n) is 4.23. The summed E-state index contributed by atoms with van der Waals surface area (Å²) in [4.78, 5) is 12.3. The Labute approximate surface area is 157 Å². The van der Waals surface area contributed by atoms with E-state index in [2.05, 4.69) is 15.5 Å². The number of rotatable bonds is 5. The molecule has 0 aliphatic rings. The fourth-order valence-corrected chi connectivity index (χ4v) is 3.06. The average molecular weight is 372 g/mol. The number of aryl methyl sites for hydroxylation is 3. The molecule has 0 aliphatic heterocycles. The SMILES string of the molecule is Cc1cc(C)n(Cc2cccc(NC(=O)Cn3nc(C)c(Cl)c3C)c2)n1. The molecule has 1 N–H and O–H groups in total. The smallest absolute Gasteiger partial charge is 0.246 e. The summed E-state index contributed by atoms with van der Waals surface area (Å²) in [6, 6.07) is 9.83. The quantitative estimate of drug-likeness (QED) is 0.744. The Bertz CT molecular complexity index is 957. The summed E-state index contributed by atoms with van der Waals surface area (Å²) in [5.41, 5.74) is 5.44. The molecule has 2 aromatic heterocycles. The van der Waals surface area contributed by atoms with Crippen molar-refractivity contribution in [1.29, 1.82) is 0 Å². The average Bonchev–Trinajstić information content (AvgIpc) is 3.01. The minimum Gasteiger partial charge on any atom is -0.324 e. The van der Waals surface area contributed by atoms with Gasteiger partial charge in [0.15, 0.2) is 0 Å². The summed E-state index contributed by atoms with van der Waals surface area (Å²) in [6.07, 6.45) is 0. The van der Waals surface area contributed by atoms with Crippen molar-refractivity contribution in [1.82, 2.24) is 19.6 Å². The summed E-state index contributed by atoms with van der Waals surface area (Å²) < 4.78 is 3.57. The second kappa shape index (κ2) is 7.33. The van der Waals surface area contributed by atoms with E-state index in [1.54, 1.807) is 4.68 Å². The highest BCUT2D eigenvalue weighted by atomic mass is 35.5. The highest BCUT2D eigenvalue weighted by Gasteiger charge is 2.12. The molecular weight excluding hydrogens is 350 g/mol. The van der Waals surface area contributed by atoms with Crippen molar-refractivity contribution in [2.24, 2.45) is 0 Å². The highest BCUT2D eigenvalue weighted by Crippen LogP contribution is 2.19. The minimum absolute atomic E-state index is 0.126. The standard InChI is InChI=1S/C19H22ClN5O/c1-12-8-13(2)24(22-12)10-16-6-5-7-17(9-16)21-18(26)11-25-15(4)19(20)14(3)23-25/h5-9H,10-11H2,1-4H3,(H,21,26). The molecule has 0 bridgehead atoms. The third-order valence-corrected chi connectivity index (χ3v) is 4.78. The number of hydrogen-bond acceptors (Lipinski definition) is 3. The molecule has 0 unspecified atom stereocenters. The van der Waals surface area contributed by atoms with E-state index in [0.29, 0.717) is 11.6 Å². The van der Waals surface area contributed by atoms with Crippen molar-refractivity contribution < 1.29 is 4.79 Å². The molecule has 0 saturated heterocycles. The van der Waals surface area contributed by atoms with Crippen LogP contribution in [-0.2, 0) is 17.9 Å². The van der Waals surface area contributed by atoms with Crippen molar-refractivity contribution in [3.63, 3.8) is 0 Å². The van der Waals surface area contributed by atoms with Gasteiger partial charge in [0, 0.05) is 11.4 Å². The molecule has 0 atom stereocenters. The molecule has 0 aliphatic carbocycles. The second-order valence-electron chi connectivity index (χ2n) is 6.48. The van der Waals surface area contributed by atoms with Gasteiger partial charge in [-0.3, -0.25) is 14.2 Å². The van der Waals surface area contributed by atoms with Crippen molar-refractivity contribution in [3.8, 4) is 0 Å². The lowest BCUT2D eigenvalue weighted by Gasteiger charge is -2.09. The number of benzene rings is 1. The fraction of sp³-hybridized carbons (Fsp3) is 0.316. The molecule has 1 aromatic carbocycles. The summed E-state index contributed by atoms with van der Waals surface area (Å²) in [5, 5.41) is 12.3. The summed E-state index contributed by atoms with van der Waals surface area (Å²) in [7, 11) is 0. The first kappa shape index (κ1) is 18.2. The molecular formula is C19H22ClN5O. The number of nitrogens with one attached hydrogen (secondary N) is 1. The number of carbonyl (C=O) groups is 1. The summed E-state index contributed by atoms with van der Waals surface area (Å²) in [6.45, 7) is 8.48. The van der Waals surface area contributed by atoms with Gasteiger partial charge in [0.25, 0.3) is 0 Å². The Morgan fingerprint density at radius 1 is 1.12 bits per heavy atom. The minimum atomic E-state index is -0.143. The van der Waals surface area contributed by atoms with Crippen LogP contribution in [0.4, 0.5) is 5.69 Å². The van der Waals surface area contributed by atoms with Gasteiger partial charge in [0.1, 0.15) is 6.54 Å². The van der Waals surface area contributed by atoms with Crippen LogP contribution in [0.1, 0.15) is 28.3 Å². The van der Waals surface area contributed by atoms with Gasteiger partial charge in [-0.15, -0.1) is 0 Å². The van der Waals surface area contributed by atoms with Gasteiger partial charge in [-0.25, -0.2) is 0 Å². The first-order chi connectivity index (χ1) is 12.3. The van der Waals surface area contributed by atoms with Gasteiger partial charge in [-0.1, -0.05) is 23.7 Å². The second-order valence-corrected chi connectivity index (χ2v) is 6.85. The predicted octanol–water partition coefficient (Wildman–Crippen LogP) is 3.65. The van der Waals surface area contributed by atoms with Crippen LogP contribution in [-0.4, -0.2) is 25.5 Å². The predicted molar refractivity (Wildman–Crippen MR) is 103 cm³/mol. The van der Waals surface area contributed by atoms with E-state index in [0.717, 1.165) is 34.0 Å². The topological polar surface area (TPSA) is 64.7 Å². The lowest BCUT2D eigenvalue weighted by atomic mass is 10.2. The first-order valence-electron chi connectivity index (χ1n) is 8.43. The Kier molecular flexibility index (Phi) is 5.13. The summed E-state index contributed by atoms with van der Waals surface area (Å²) in [5.74, 6) is -0.143. The van der Waals surface area contributed by atoms with Crippen LogP contribution in [0.3, 0.4) is 0 Å². The Morgan fingerprint density at radius 2 is 1.88 bits per heavy atom. The fourth-order valence-electron chi connectivity index (χ4n) is 2.92. The maximum absolute atomic E-state index is 12.3. The van der Waals surface area contributed by atoms with E-state index in [9.17, 15) is 4.79 Å². The molecule has 2 heterocycles. The van der Waals surface area contributed by atoms with E-state index >= 15 is 0 Å². The van der Waals surface area contributed by atoms with Gasteiger partial charge >= 0.3 is 0 Å². The van der Waals surface area contributed by atoms with Crippen LogP contribution in [0, 0.1) is 27.7 Å². The van der Waals surface area contributed by atoms with Crippen LogP contribution in [0.25, 0.3) is 0 Å². The number of nitrogens with zero attached hydrogens (tertiary/aromatic N) is 4. The van der Waals surface area contributed by atoms with Crippen LogP contribution in [0.5, 0.6) is 0 Å². The lowest BCUT2D eigenvalue weighted by molar-refractivity contribution is -0.116. The number of anilines is 1. The van der Waals surface area contributed by atoms with Crippen molar-refractivity contribution in [2.75, 3.05) is 5.32 Å². The number of amides is 1. The molecule has 26 heavy (non-hydrogen) atoms. The zero-order chi connectivity index (χ0) is 18.8. The zero-order valence-electron chi connectivity index (χ0n) is 15.4. The molecule has 7 heteroatoms. The van der Waals surface area contributed by atoms with E-state index in [1.807, 2.05) is 62.7 Å². The number of carbonyl (C=O) groups excluding carboxylic acids is 1. The first-order valence-corrected chi connectivity index (χ1v) is 8.80.